The van der Waals surface area contributed by atoms with E-state index in [-0.39, 0.29) is 31.1 Å². The van der Waals surface area contributed by atoms with E-state index in [1.54, 1.807) is 0 Å². The SMILES string of the molecule is CC/C=C\C/C=C\C/C=C\C/C=C\C/C=C\CCCCCCCCCC(=O)OCC(COC(=O)CCCCCC/C=C\C/C=C\C/C=C\C/C=C\CC)OC(=O)CCCCCCCCCCCCCCCCCCCCC. The highest BCUT2D eigenvalue weighted by atomic mass is 16.6. The third-order valence-electron chi connectivity index (χ3n) is 13.8. The van der Waals surface area contributed by atoms with Crippen molar-refractivity contribution in [2.75, 3.05) is 13.2 Å². The molecule has 0 aliphatic carbocycles. The predicted octanol–water partition coefficient (Wildman–Crippen LogP) is 22.2. The van der Waals surface area contributed by atoms with Crippen molar-refractivity contribution < 1.29 is 28.6 Å². The van der Waals surface area contributed by atoms with Crippen LogP contribution >= 0.6 is 0 Å². The van der Waals surface area contributed by atoms with Crippen LogP contribution in [0.5, 0.6) is 0 Å². The summed E-state index contributed by atoms with van der Waals surface area (Å²) in [7, 11) is 0. The molecule has 77 heavy (non-hydrogen) atoms. The Morgan fingerprint density at radius 2 is 0.506 bits per heavy atom. The van der Waals surface area contributed by atoms with Gasteiger partial charge in [-0.1, -0.05) is 291 Å². The smallest absolute Gasteiger partial charge is 0.306 e. The van der Waals surface area contributed by atoms with Crippen molar-refractivity contribution in [3.8, 4) is 0 Å². The second-order valence-electron chi connectivity index (χ2n) is 21.3. The molecule has 0 heterocycles. The largest absolute Gasteiger partial charge is 0.462 e. The lowest BCUT2D eigenvalue weighted by molar-refractivity contribution is -0.167. The van der Waals surface area contributed by atoms with Gasteiger partial charge >= 0.3 is 17.9 Å². The minimum absolute atomic E-state index is 0.0910. The van der Waals surface area contributed by atoms with Gasteiger partial charge in [-0.2, -0.15) is 0 Å². The summed E-state index contributed by atoms with van der Waals surface area (Å²) >= 11 is 0. The molecule has 0 bridgehead atoms. The maximum Gasteiger partial charge on any atom is 0.306 e. The molecule has 6 heteroatoms. The number of carbonyl (C=O) groups excluding carboxylic acids is 3. The first-order valence-electron chi connectivity index (χ1n) is 32.4. The molecule has 0 fully saturated rings. The lowest BCUT2D eigenvalue weighted by Crippen LogP contribution is -2.30. The van der Waals surface area contributed by atoms with Gasteiger partial charge in [0.2, 0.25) is 0 Å². The summed E-state index contributed by atoms with van der Waals surface area (Å²) in [6, 6.07) is 0. The van der Waals surface area contributed by atoms with Gasteiger partial charge in [-0.3, -0.25) is 14.4 Å². The first kappa shape index (κ1) is 73.1. The molecular weight excluding hydrogens is 949 g/mol. The van der Waals surface area contributed by atoms with Crippen LogP contribution in [0.2, 0.25) is 0 Å². The van der Waals surface area contributed by atoms with Crippen LogP contribution in [-0.2, 0) is 28.6 Å². The minimum Gasteiger partial charge on any atom is -0.462 e. The molecule has 0 aromatic carbocycles. The Bertz CT molecular complexity index is 1560. The van der Waals surface area contributed by atoms with Crippen molar-refractivity contribution >= 4 is 17.9 Å². The topological polar surface area (TPSA) is 78.9 Å². The second kappa shape index (κ2) is 64.6. The predicted molar refractivity (Wildman–Crippen MR) is 334 cm³/mol. The Hall–Kier alpha value is -3.93. The number of rotatable bonds is 58. The molecule has 1 atom stereocenters. The van der Waals surface area contributed by atoms with Crippen molar-refractivity contribution in [2.45, 2.75) is 309 Å². The van der Waals surface area contributed by atoms with Crippen LogP contribution in [0.3, 0.4) is 0 Å². The van der Waals surface area contributed by atoms with Crippen LogP contribution in [0.15, 0.2) is 109 Å². The molecule has 0 aliphatic rings. The third-order valence-corrected chi connectivity index (χ3v) is 13.8. The van der Waals surface area contributed by atoms with Gasteiger partial charge in [0.25, 0.3) is 0 Å². The van der Waals surface area contributed by atoms with Crippen LogP contribution in [0.25, 0.3) is 0 Å². The summed E-state index contributed by atoms with van der Waals surface area (Å²) in [6.07, 6.45) is 88.0. The third kappa shape index (κ3) is 62.8. The average molecular weight is 1070 g/mol. The lowest BCUT2D eigenvalue weighted by atomic mass is 10.0. The summed E-state index contributed by atoms with van der Waals surface area (Å²) in [6.45, 7) is 6.42. The standard InChI is InChI=1S/C71H120O6/c1-4-7-10-13-16-19-22-25-28-31-33-34-35-36-38-40-43-46-49-52-55-58-61-64-70(73)76-67-68(66-75-69(72)63-60-57-54-51-48-45-42-39-30-27-24-21-18-15-12-9-6-3)77-71(74)65-62-59-56-53-50-47-44-41-37-32-29-26-23-20-17-14-11-8-5-2/h7,9-10,12,16,18-19,21,25,27-28,30,33-34,36,38,42,45,68H,4-6,8,11,13-15,17,20,22-24,26,29,31-32,35,37,39-41,43-44,46-67H2,1-3H3/b10-7-,12-9-,19-16-,21-18-,28-25-,30-27-,34-33-,38-36-,45-42-. The van der Waals surface area contributed by atoms with E-state index in [2.05, 4.69) is 130 Å². The fraction of sp³-hybridized carbons (Fsp3) is 0.704. The molecule has 0 rings (SSSR count). The number of ether oxygens (including phenoxy) is 3. The van der Waals surface area contributed by atoms with E-state index < -0.39 is 6.10 Å². The fourth-order valence-corrected chi connectivity index (χ4v) is 8.99. The molecule has 0 saturated carbocycles. The number of carbonyl (C=O) groups is 3. The zero-order chi connectivity index (χ0) is 55.7. The highest BCUT2D eigenvalue weighted by Crippen LogP contribution is 2.17. The molecule has 6 nitrogen and oxygen atoms in total. The van der Waals surface area contributed by atoms with Crippen molar-refractivity contribution in [1.82, 2.24) is 0 Å². The molecule has 0 N–H and O–H groups in total. The van der Waals surface area contributed by atoms with Gasteiger partial charge < -0.3 is 14.2 Å². The normalized spacial score (nSPS) is 12.8. The Balaban J connectivity index is 4.42. The maximum absolute atomic E-state index is 12.9. The lowest BCUT2D eigenvalue weighted by Gasteiger charge is -2.18. The fourth-order valence-electron chi connectivity index (χ4n) is 8.99. The summed E-state index contributed by atoms with van der Waals surface area (Å²) < 4.78 is 16.9. The zero-order valence-corrected chi connectivity index (χ0v) is 50.4. The molecule has 1 unspecified atom stereocenters. The van der Waals surface area contributed by atoms with Gasteiger partial charge in [-0.15, -0.1) is 0 Å². The molecule has 0 amide bonds. The van der Waals surface area contributed by atoms with Gasteiger partial charge in [0, 0.05) is 19.3 Å². The molecule has 0 aromatic rings. The average Bonchev–Trinajstić information content (AvgIpc) is 3.43. The van der Waals surface area contributed by atoms with Gasteiger partial charge in [0.05, 0.1) is 0 Å². The van der Waals surface area contributed by atoms with Crippen LogP contribution in [-0.4, -0.2) is 37.2 Å². The highest BCUT2D eigenvalue weighted by molar-refractivity contribution is 5.71. The highest BCUT2D eigenvalue weighted by Gasteiger charge is 2.19. The number of hydrogen-bond donors (Lipinski definition) is 0. The van der Waals surface area contributed by atoms with Crippen LogP contribution in [0.1, 0.15) is 303 Å². The van der Waals surface area contributed by atoms with Crippen LogP contribution in [0.4, 0.5) is 0 Å². The Labute approximate surface area is 476 Å². The first-order chi connectivity index (χ1) is 38.0. The number of allylic oxidation sites excluding steroid dienone is 18. The Kier molecular flexibility index (Phi) is 61.3. The second-order valence-corrected chi connectivity index (χ2v) is 21.3. The van der Waals surface area contributed by atoms with E-state index in [1.807, 2.05) is 0 Å². The minimum atomic E-state index is -0.795. The number of hydrogen-bond acceptors (Lipinski definition) is 6. The molecule has 0 spiro atoms. The molecule has 440 valence electrons. The van der Waals surface area contributed by atoms with E-state index in [9.17, 15) is 14.4 Å². The van der Waals surface area contributed by atoms with Gasteiger partial charge in [0.1, 0.15) is 13.2 Å². The van der Waals surface area contributed by atoms with E-state index in [0.29, 0.717) is 19.3 Å². The van der Waals surface area contributed by atoms with Crippen LogP contribution < -0.4 is 0 Å². The summed E-state index contributed by atoms with van der Waals surface area (Å²) in [5, 5.41) is 0. The Morgan fingerprint density at radius 1 is 0.273 bits per heavy atom. The van der Waals surface area contributed by atoms with Gasteiger partial charge in [0.15, 0.2) is 6.10 Å². The monoisotopic (exact) mass is 1070 g/mol. The van der Waals surface area contributed by atoms with Crippen molar-refractivity contribution in [2.24, 2.45) is 0 Å². The number of esters is 3. The first-order valence-corrected chi connectivity index (χ1v) is 32.4. The van der Waals surface area contributed by atoms with Crippen molar-refractivity contribution in [3.63, 3.8) is 0 Å². The van der Waals surface area contributed by atoms with Gasteiger partial charge in [-0.25, -0.2) is 0 Å². The van der Waals surface area contributed by atoms with Crippen molar-refractivity contribution in [3.05, 3.63) is 109 Å². The molecule has 0 aromatic heterocycles. The summed E-state index contributed by atoms with van der Waals surface area (Å²) in [5.74, 6) is -0.914. The van der Waals surface area contributed by atoms with E-state index in [0.717, 1.165) is 135 Å². The van der Waals surface area contributed by atoms with E-state index in [1.165, 1.54) is 128 Å². The quantitative estimate of drug-likeness (QED) is 0.0261. The Morgan fingerprint density at radius 3 is 0.792 bits per heavy atom. The number of unbranched alkanes of at least 4 members (excludes halogenated alkanes) is 29. The molecule has 0 aliphatic heterocycles. The zero-order valence-electron chi connectivity index (χ0n) is 50.4. The molecule has 0 saturated heterocycles. The summed E-state index contributed by atoms with van der Waals surface area (Å²) in [4.78, 5) is 38.4. The van der Waals surface area contributed by atoms with Crippen molar-refractivity contribution in [1.29, 1.82) is 0 Å². The molecular formula is C71H120O6. The summed E-state index contributed by atoms with van der Waals surface area (Å²) in [5.41, 5.74) is 0. The van der Waals surface area contributed by atoms with Crippen LogP contribution in [0, 0.1) is 0 Å². The molecule has 0 radical (unpaired) electrons. The van der Waals surface area contributed by atoms with E-state index >= 15 is 0 Å². The van der Waals surface area contributed by atoms with E-state index in [4.69, 9.17) is 14.2 Å². The maximum atomic E-state index is 12.9. The van der Waals surface area contributed by atoms with Gasteiger partial charge in [-0.05, 0) is 103 Å².